The second-order valence-electron chi connectivity index (χ2n) is 24.8. The Kier molecular flexibility index (Phi) is 24.4. The number of ether oxygens (including phenoxy) is 4. The third-order valence-electron chi connectivity index (χ3n) is 17.6. The van der Waals surface area contributed by atoms with Crippen molar-refractivity contribution in [2.45, 2.75) is 51.6 Å². The number of benzene rings is 12. The molecule has 0 aliphatic rings. The van der Waals surface area contributed by atoms with E-state index in [2.05, 4.69) is 0 Å². The minimum atomic E-state index is -5.67. The Morgan fingerprint density at radius 3 is 0.925 bits per heavy atom. The zero-order valence-corrected chi connectivity index (χ0v) is 59.7. The molecule has 0 bridgehead atoms. The minimum absolute atomic E-state index is 0.0392. The lowest BCUT2D eigenvalue weighted by atomic mass is 9.84. The molecule has 0 spiro atoms. The van der Waals surface area contributed by atoms with Crippen LogP contribution >= 0.6 is 0 Å². The van der Waals surface area contributed by atoms with Crippen molar-refractivity contribution in [2.75, 3.05) is 32.7 Å². The molecule has 12 aromatic rings. The van der Waals surface area contributed by atoms with Gasteiger partial charge in [-0.3, -0.25) is 0 Å². The molecule has 12 nitrogen and oxygen atoms in total. The highest BCUT2D eigenvalue weighted by Gasteiger charge is 2.63. The van der Waals surface area contributed by atoms with Crippen LogP contribution in [0, 0.1) is 13.8 Å². The lowest BCUT2D eigenvalue weighted by Crippen LogP contribution is -2.49. The predicted molar refractivity (Wildman–Crippen MR) is 395 cm³/mol. The SMILES string of the molecule is CS(=O)(=O)C(F)(F)COCC(OC(=O)c1cccc2ccccc12)c1ccccc1.Cc1ccc(C(c2ccccc2)(c2ccccc2)S(=O)(=O)C(F)(F)COCC(OC(=O)c2cccc3ccccc23)c2ccccc2)cc1.Cc1ccc(C(c2ccccc2)(c2ccccc2)S(=O)(=O)C(F)(F)F)cc1. The van der Waals surface area contributed by atoms with Crippen molar-refractivity contribution in [1.29, 1.82) is 0 Å². The van der Waals surface area contributed by atoms with Crippen molar-refractivity contribution in [3.8, 4) is 0 Å². The van der Waals surface area contributed by atoms with E-state index in [-0.39, 0.29) is 33.4 Å². The minimum Gasteiger partial charge on any atom is -0.451 e. The number of rotatable bonds is 24. The molecule has 0 aromatic heterocycles. The molecule has 0 aliphatic heterocycles. The van der Waals surface area contributed by atoms with Crippen molar-refractivity contribution >= 4 is 63.0 Å². The van der Waals surface area contributed by atoms with Gasteiger partial charge in [-0.15, -0.1) is 0 Å². The molecule has 0 amide bonds. The Bertz CT molecular complexity index is 5210. The van der Waals surface area contributed by atoms with Gasteiger partial charge in [0.05, 0.1) is 24.3 Å². The molecule has 106 heavy (non-hydrogen) atoms. The average Bonchev–Trinajstić information content (AvgIpc) is 0.709. The highest BCUT2D eigenvalue weighted by molar-refractivity contribution is 7.94. The van der Waals surface area contributed by atoms with Crippen LogP contribution in [0.2, 0.25) is 0 Å². The van der Waals surface area contributed by atoms with E-state index >= 15 is 8.78 Å². The fraction of sp³-hybridized carbons (Fsp3) is 0.167. The molecular weight excluding hydrogens is 1430 g/mol. The van der Waals surface area contributed by atoms with Gasteiger partial charge in [0.2, 0.25) is 19.7 Å². The smallest absolute Gasteiger partial charge is 0.451 e. The van der Waals surface area contributed by atoms with Gasteiger partial charge in [-0.1, -0.05) is 314 Å². The third-order valence-corrected chi connectivity index (χ3v) is 23.4. The first-order valence-corrected chi connectivity index (χ1v) is 37.9. The molecule has 0 fully saturated rings. The molecule has 0 radical (unpaired) electrons. The van der Waals surface area contributed by atoms with Crippen molar-refractivity contribution < 1.29 is 84.5 Å². The van der Waals surface area contributed by atoms with Gasteiger partial charge >= 0.3 is 28.0 Å². The maximum atomic E-state index is 16.6. The summed E-state index contributed by atoms with van der Waals surface area (Å²) in [5.41, 5.74) is -1.49. The largest absolute Gasteiger partial charge is 0.498 e. The summed E-state index contributed by atoms with van der Waals surface area (Å²) in [6, 6.07) is 85.9. The van der Waals surface area contributed by atoms with E-state index < -0.39 is 106 Å². The number of sulfone groups is 3. The molecule has 2 unspecified atom stereocenters. The fourth-order valence-corrected chi connectivity index (χ4v) is 16.3. The number of carbonyl (C=O) groups excluding carboxylic acids is 2. The first kappa shape index (κ1) is 78.0. The number of carbonyl (C=O) groups is 2. The first-order valence-electron chi connectivity index (χ1n) is 33.0. The maximum absolute atomic E-state index is 16.6. The van der Waals surface area contributed by atoms with E-state index in [9.17, 15) is 56.8 Å². The number of alkyl halides is 7. The molecule has 12 rings (SSSR count). The molecule has 2 atom stereocenters. The molecule has 546 valence electrons. The van der Waals surface area contributed by atoms with E-state index in [1.807, 2.05) is 43.3 Å². The Hall–Kier alpha value is -10.6. The second kappa shape index (κ2) is 33.2. The fourth-order valence-electron chi connectivity index (χ4n) is 12.3. The number of aryl methyl sites for hydroxylation is 2. The van der Waals surface area contributed by atoms with E-state index in [4.69, 9.17) is 18.9 Å². The number of fused-ring (bicyclic) bond motifs is 2. The quantitative estimate of drug-likeness (QED) is 0.0319. The second-order valence-corrected chi connectivity index (χ2v) is 31.2. The summed E-state index contributed by atoms with van der Waals surface area (Å²) in [6.45, 7) is -0.122. The molecule has 0 heterocycles. The van der Waals surface area contributed by atoms with Crippen LogP contribution in [0.15, 0.2) is 315 Å². The van der Waals surface area contributed by atoms with Gasteiger partial charge in [-0.2, -0.15) is 30.7 Å². The van der Waals surface area contributed by atoms with Crippen LogP contribution in [0.25, 0.3) is 21.5 Å². The van der Waals surface area contributed by atoms with Crippen LogP contribution in [-0.4, -0.2) is 85.9 Å². The number of hydrogen-bond donors (Lipinski definition) is 0. The zero-order chi connectivity index (χ0) is 76.0. The number of esters is 2. The lowest BCUT2D eigenvalue weighted by Gasteiger charge is -2.38. The molecule has 0 saturated heterocycles. The van der Waals surface area contributed by atoms with Gasteiger partial charge < -0.3 is 18.9 Å². The Balaban J connectivity index is 0.000000181. The summed E-state index contributed by atoms with van der Waals surface area (Å²) < 4.78 is 197. The lowest BCUT2D eigenvalue weighted by molar-refractivity contribution is -0.0510. The van der Waals surface area contributed by atoms with Crippen LogP contribution < -0.4 is 0 Å². The van der Waals surface area contributed by atoms with Crippen molar-refractivity contribution in [2.24, 2.45) is 0 Å². The molecule has 22 heteroatoms. The number of halogens is 7. The van der Waals surface area contributed by atoms with E-state index in [1.165, 1.54) is 60.7 Å². The predicted octanol–water partition coefficient (Wildman–Crippen LogP) is 18.7. The molecular formula is C84H71F7O12S3. The molecule has 0 aliphatic carbocycles. The van der Waals surface area contributed by atoms with Crippen LogP contribution in [0.1, 0.15) is 88.6 Å². The van der Waals surface area contributed by atoms with Gasteiger partial charge in [-0.25, -0.2) is 34.8 Å². The van der Waals surface area contributed by atoms with Gasteiger partial charge in [0.1, 0.15) is 13.2 Å². The summed E-state index contributed by atoms with van der Waals surface area (Å²) in [5.74, 6) is -1.31. The normalized spacial score (nSPS) is 12.9. The van der Waals surface area contributed by atoms with Gasteiger partial charge in [0.15, 0.2) is 21.7 Å². The van der Waals surface area contributed by atoms with E-state index in [0.717, 1.165) is 21.9 Å². The van der Waals surface area contributed by atoms with Crippen molar-refractivity contribution in [1.82, 2.24) is 0 Å². The average molecular weight is 1500 g/mol. The summed E-state index contributed by atoms with van der Waals surface area (Å²) in [5, 5.41) is -5.36. The Labute approximate surface area is 610 Å². The summed E-state index contributed by atoms with van der Waals surface area (Å²) in [6.07, 6.45) is -1.66. The summed E-state index contributed by atoms with van der Waals surface area (Å²) in [4.78, 5) is 26.3. The molecule has 12 aromatic carbocycles. The van der Waals surface area contributed by atoms with Crippen molar-refractivity contribution in [3.05, 3.63) is 382 Å². The van der Waals surface area contributed by atoms with Gasteiger partial charge in [0, 0.05) is 6.26 Å². The Morgan fingerprint density at radius 1 is 0.330 bits per heavy atom. The summed E-state index contributed by atoms with van der Waals surface area (Å²) >= 11 is 0. The van der Waals surface area contributed by atoms with Gasteiger partial charge in [0.25, 0.3) is 9.84 Å². The highest BCUT2D eigenvalue weighted by atomic mass is 32.2. The molecule has 0 saturated carbocycles. The first-order chi connectivity index (χ1) is 50.5. The van der Waals surface area contributed by atoms with Crippen molar-refractivity contribution in [3.63, 3.8) is 0 Å². The Morgan fingerprint density at radius 2 is 0.604 bits per heavy atom. The summed E-state index contributed by atoms with van der Waals surface area (Å²) in [7, 11) is -15.7. The van der Waals surface area contributed by atoms with Crippen LogP contribution in [0.3, 0.4) is 0 Å². The topological polar surface area (TPSA) is 173 Å². The maximum Gasteiger partial charge on any atom is 0.498 e. The van der Waals surface area contributed by atoms with Crippen LogP contribution in [0.4, 0.5) is 30.7 Å². The van der Waals surface area contributed by atoms with E-state index in [1.54, 1.807) is 225 Å². The van der Waals surface area contributed by atoms with Crippen LogP contribution in [0.5, 0.6) is 0 Å². The van der Waals surface area contributed by atoms with Crippen LogP contribution in [-0.2, 0) is 58.0 Å². The molecule has 0 N–H and O–H groups in total. The van der Waals surface area contributed by atoms with Gasteiger partial charge in [-0.05, 0) is 92.0 Å². The standard InChI is InChI=1S/C41H34F2O5S.C22H20F2O5S.C21H17F3O2S/c1-30-24-26-35(27-25-30)41(33-18-7-3-8-19-33,34-20-9-4-10-21-34)49(45,46)40(42,43)29-47-28-38(32-15-5-2-6-16-32)48-39(44)37-23-13-17-31-14-11-12-22-36(31)37;1-30(26,27)22(23,24)15-28-14-20(17-9-3-2-4-10-17)29-21(25)19-13-7-11-16-8-5-6-12-18(16)19;1-16-12-14-19(15-13-16)20(17-8-4-2-5-9-17,18-10-6-3-7-11-18)27(25,26)21(22,23)24/h2-27,38H,28-29H2,1H3;2-13,20H,14-15H2,1H3;2-15H,1H3. The highest BCUT2D eigenvalue weighted by Crippen LogP contribution is 2.52. The monoisotopic (exact) mass is 1500 g/mol. The number of hydrogen-bond acceptors (Lipinski definition) is 12. The zero-order valence-electron chi connectivity index (χ0n) is 57.3. The third kappa shape index (κ3) is 16.7. The van der Waals surface area contributed by atoms with E-state index in [0.29, 0.717) is 39.3 Å².